The molecule has 1 N–H and O–H groups in total. The number of hydrogen-bond acceptors (Lipinski definition) is 4. The molecule has 0 saturated heterocycles. The molecule has 0 aliphatic heterocycles. The normalized spacial score (nSPS) is 13.6. The van der Waals surface area contributed by atoms with Crippen molar-refractivity contribution >= 4 is 17.0 Å². The standard InChI is InChI=1S/C3H6O5S/c1-2(3(4)5)8-9(6)7/h2,9H,1H3,(H,4,5). The van der Waals surface area contributed by atoms with Gasteiger partial charge < -0.3 is 5.11 Å². The molecule has 5 nitrogen and oxygen atoms in total. The average Bonchev–Trinajstić information content (AvgIpc) is 1.63. The number of thiol groups is 1. The lowest BCUT2D eigenvalue weighted by Gasteiger charge is -1.97. The summed E-state index contributed by atoms with van der Waals surface area (Å²) < 4.78 is 23.2. The van der Waals surface area contributed by atoms with Crippen molar-refractivity contribution in [2.45, 2.75) is 13.0 Å². The van der Waals surface area contributed by atoms with E-state index >= 15 is 0 Å². The first-order valence-corrected chi connectivity index (χ1v) is 3.17. The van der Waals surface area contributed by atoms with Crippen LogP contribution < -0.4 is 0 Å². The van der Waals surface area contributed by atoms with Crippen molar-refractivity contribution in [3.05, 3.63) is 0 Å². The third kappa shape index (κ3) is 3.92. The number of aliphatic carboxylic acids is 1. The molecular formula is C3H6O5S. The van der Waals surface area contributed by atoms with Crippen LogP contribution in [-0.4, -0.2) is 25.6 Å². The molecule has 1 atom stereocenters. The summed E-state index contributed by atoms with van der Waals surface area (Å²) in [7, 11) is -3.05. The Kier molecular flexibility index (Phi) is 3.18. The highest BCUT2D eigenvalue weighted by molar-refractivity contribution is 7.67. The summed E-state index contributed by atoms with van der Waals surface area (Å²) in [6.07, 6.45) is -1.29. The Balaban J connectivity index is 3.77. The zero-order valence-electron chi connectivity index (χ0n) is 4.60. The third-order valence-electron chi connectivity index (χ3n) is 0.592. The van der Waals surface area contributed by atoms with Crippen LogP contribution in [0, 0.1) is 0 Å². The molecule has 0 spiro atoms. The van der Waals surface area contributed by atoms with Crippen molar-refractivity contribution in [1.82, 2.24) is 0 Å². The molecule has 6 heteroatoms. The molecule has 0 aliphatic rings. The van der Waals surface area contributed by atoms with Gasteiger partial charge in [0.25, 0.3) is 11.0 Å². The van der Waals surface area contributed by atoms with Crippen LogP contribution in [0.5, 0.6) is 0 Å². The van der Waals surface area contributed by atoms with Crippen molar-refractivity contribution in [2.24, 2.45) is 0 Å². The van der Waals surface area contributed by atoms with Crippen LogP contribution in [0.3, 0.4) is 0 Å². The summed E-state index contributed by atoms with van der Waals surface area (Å²) in [5.74, 6) is -1.30. The molecule has 0 radical (unpaired) electrons. The maximum absolute atomic E-state index is 9.84. The highest BCUT2D eigenvalue weighted by Crippen LogP contribution is 1.88. The zero-order chi connectivity index (χ0) is 7.44. The van der Waals surface area contributed by atoms with E-state index < -0.39 is 23.1 Å². The summed E-state index contributed by atoms with van der Waals surface area (Å²) in [6, 6.07) is 0. The van der Waals surface area contributed by atoms with Crippen LogP contribution in [0.1, 0.15) is 6.92 Å². The Morgan fingerprint density at radius 2 is 2.11 bits per heavy atom. The van der Waals surface area contributed by atoms with Gasteiger partial charge >= 0.3 is 5.97 Å². The molecule has 0 aliphatic carbocycles. The second-order valence-corrected chi connectivity index (χ2v) is 1.97. The Morgan fingerprint density at radius 3 is 2.22 bits per heavy atom. The lowest BCUT2D eigenvalue weighted by Crippen LogP contribution is -2.18. The van der Waals surface area contributed by atoms with Gasteiger partial charge in [-0.05, 0) is 6.92 Å². The fourth-order valence-electron chi connectivity index (χ4n) is 0.174. The van der Waals surface area contributed by atoms with Crippen LogP contribution in [0.4, 0.5) is 0 Å². The smallest absolute Gasteiger partial charge is 0.334 e. The molecule has 0 saturated carbocycles. The molecule has 0 amide bonds. The maximum Gasteiger partial charge on any atom is 0.334 e. The Morgan fingerprint density at radius 1 is 1.67 bits per heavy atom. The van der Waals surface area contributed by atoms with Crippen molar-refractivity contribution in [3.63, 3.8) is 0 Å². The van der Waals surface area contributed by atoms with E-state index in [1.54, 1.807) is 0 Å². The molecule has 1 unspecified atom stereocenters. The number of carboxylic acids is 1. The van der Waals surface area contributed by atoms with E-state index in [9.17, 15) is 13.2 Å². The van der Waals surface area contributed by atoms with Gasteiger partial charge in [-0.3, -0.25) is 4.18 Å². The second kappa shape index (κ2) is 3.41. The third-order valence-corrected chi connectivity index (χ3v) is 1.08. The molecule has 0 heterocycles. The van der Waals surface area contributed by atoms with Gasteiger partial charge in [0.1, 0.15) is 0 Å². The lowest BCUT2D eigenvalue weighted by atomic mass is 10.4. The number of carboxylic acid groups (broad SMARTS) is 1. The van der Waals surface area contributed by atoms with Gasteiger partial charge in [-0.25, -0.2) is 13.2 Å². The quantitative estimate of drug-likeness (QED) is 0.510. The SMILES string of the molecule is CC(O[SH](=O)=O)C(=O)O. The Hall–Kier alpha value is -0.620. The van der Waals surface area contributed by atoms with E-state index in [2.05, 4.69) is 4.18 Å². The minimum absolute atomic E-state index is 1.13. The highest BCUT2D eigenvalue weighted by atomic mass is 32.2. The van der Waals surface area contributed by atoms with Gasteiger partial charge in [-0.2, -0.15) is 0 Å². The highest BCUT2D eigenvalue weighted by Gasteiger charge is 2.11. The molecule has 0 rings (SSSR count). The molecule has 0 bridgehead atoms. The van der Waals surface area contributed by atoms with Crippen molar-refractivity contribution in [1.29, 1.82) is 0 Å². The van der Waals surface area contributed by atoms with Gasteiger partial charge in [-0.1, -0.05) is 0 Å². The molecule has 54 valence electrons. The lowest BCUT2D eigenvalue weighted by molar-refractivity contribution is -0.143. The van der Waals surface area contributed by atoms with Crippen molar-refractivity contribution in [3.8, 4) is 0 Å². The molecule has 0 aromatic heterocycles. The Labute approximate surface area is 53.4 Å². The van der Waals surface area contributed by atoms with E-state index in [0.29, 0.717) is 0 Å². The first kappa shape index (κ1) is 8.38. The predicted octanol–water partition coefficient (Wildman–Crippen LogP) is -0.998. The first-order valence-electron chi connectivity index (χ1n) is 2.08. The minimum atomic E-state index is -3.05. The van der Waals surface area contributed by atoms with E-state index in [1.165, 1.54) is 0 Å². The van der Waals surface area contributed by atoms with Crippen molar-refractivity contribution < 1.29 is 22.5 Å². The summed E-state index contributed by atoms with van der Waals surface area (Å²) in [5, 5.41) is 8.04. The van der Waals surface area contributed by atoms with Gasteiger partial charge in [0.15, 0.2) is 6.10 Å². The minimum Gasteiger partial charge on any atom is -0.479 e. The summed E-state index contributed by atoms with van der Waals surface area (Å²) in [5.41, 5.74) is 0. The van der Waals surface area contributed by atoms with Gasteiger partial charge in [0, 0.05) is 0 Å². The number of rotatable bonds is 3. The second-order valence-electron chi connectivity index (χ2n) is 1.31. The van der Waals surface area contributed by atoms with Crippen LogP contribution in [0.2, 0.25) is 0 Å². The Bertz CT molecular complexity index is 163. The fourth-order valence-corrected chi connectivity index (χ4v) is 0.523. The van der Waals surface area contributed by atoms with E-state index in [0.717, 1.165) is 6.92 Å². The molecule has 9 heavy (non-hydrogen) atoms. The topological polar surface area (TPSA) is 80.7 Å². The van der Waals surface area contributed by atoms with E-state index in [-0.39, 0.29) is 0 Å². The molecule has 0 aromatic carbocycles. The first-order chi connectivity index (χ1) is 4.04. The zero-order valence-corrected chi connectivity index (χ0v) is 5.50. The van der Waals surface area contributed by atoms with Crippen LogP contribution in [0.25, 0.3) is 0 Å². The maximum atomic E-state index is 9.84. The van der Waals surface area contributed by atoms with Crippen LogP contribution in [0.15, 0.2) is 0 Å². The van der Waals surface area contributed by atoms with Crippen LogP contribution >= 0.6 is 0 Å². The van der Waals surface area contributed by atoms with Crippen LogP contribution in [-0.2, 0) is 20.0 Å². The van der Waals surface area contributed by atoms with Gasteiger partial charge in [0.05, 0.1) is 0 Å². The number of carbonyl (C=O) groups is 1. The largest absolute Gasteiger partial charge is 0.479 e. The average molecular weight is 154 g/mol. The molecule has 0 aromatic rings. The number of hydrogen-bond donors (Lipinski definition) is 2. The van der Waals surface area contributed by atoms with E-state index in [1.807, 2.05) is 0 Å². The van der Waals surface area contributed by atoms with E-state index in [4.69, 9.17) is 5.11 Å². The predicted molar refractivity (Wildman–Crippen MR) is 28.5 cm³/mol. The fraction of sp³-hybridized carbons (Fsp3) is 0.667. The monoisotopic (exact) mass is 154 g/mol. The van der Waals surface area contributed by atoms with Gasteiger partial charge in [0.2, 0.25) is 0 Å². The van der Waals surface area contributed by atoms with Crippen molar-refractivity contribution in [2.75, 3.05) is 0 Å². The summed E-state index contributed by atoms with van der Waals surface area (Å²) in [6.45, 7) is 1.13. The summed E-state index contributed by atoms with van der Waals surface area (Å²) in [4.78, 5) is 9.84. The summed E-state index contributed by atoms with van der Waals surface area (Å²) >= 11 is 0. The van der Waals surface area contributed by atoms with Gasteiger partial charge in [-0.15, -0.1) is 0 Å². The molecule has 0 fully saturated rings. The molecular weight excluding hydrogens is 148 g/mol.